The molecule has 0 aromatic heterocycles. The molecule has 0 saturated carbocycles. The van der Waals surface area contributed by atoms with Gasteiger partial charge < -0.3 is 15.6 Å². The van der Waals surface area contributed by atoms with Crippen molar-refractivity contribution < 1.29 is 9.84 Å². The zero-order chi connectivity index (χ0) is 9.68. The second kappa shape index (κ2) is 4.21. The standard InChI is InChI=1S/C10H11NO2/c1-8(12)13-7-10(11)9-5-3-2-4-6-9/h2-7,12H,1,11H2/b10-7-. The highest BCUT2D eigenvalue weighted by molar-refractivity contribution is 5.61. The van der Waals surface area contributed by atoms with Crippen LogP contribution < -0.4 is 5.73 Å². The maximum Gasteiger partial charge on any atom is 0.274 e. The number of hydrogen-bond acceptors (Lipinski definition) is 3. The van der Waals surface area contributed by atoms with Crippen LogP contribution in [0.1, 0.15) is 5.56 Å². The molecule has 3 nitrogen and oxygen atoms in total. The van der Waals surface area contributed by atoms with E-state index in [0.29, 0.717) is 5.70 Å². The molecule has 1 rings (SSSR count). The Hall–Kier alpha value is -1.90. The van der Waals surface area contributed by atoms with Gasteiger partial charge in [-0.25, -0.2) is 0 Å². The third kappa shape index (κ3) is 2.91. The van der Waals surface area contributed by atoms with Crippen molar-refractivity contribution in [2.45, 2.75) is 0 Å². The Kier molecular flexibility index (Phi) is 2.97. The lowest BCUT2D eigenvalue weighted by Gasteiger charge is -2.01. The van der Waals surface area contributed by atoms with E-state index in [1.807, 2.05) is 30.3 Å². The van der Waals surface area contributed by atoms with E-state index in [1.54, 1.807) is 0 Å². The first-order chi connectivity index (χ1) is 6.20. The molecule has 0 atom stereocenters. The monoisotopic (exact) mass is 177 g/mol. The van der Waals surface area contributed by atoms with Crippen molar-refractivity contribution in [1.82, 2.24) is 0 Å². The first-order valence-electron chi connectivity index (χ1n) is 3.76. The zero-order valence-corrected chi connectivity index (χ0v) is 7.10. The van der Waals surface area contributed by atoms with Crippen LogP contribution in [0.2, 0.25) is 0 Å². The average molecular weight is 177 g/mol. The number of ether oxygens (including phenoxy) is 1. The van der Waals surface area contributed by atoms with E-state index in [-0.39, 0.29) is 5.95 Å². The van der Waals surface area contributed by atoms with Crippen LogP contribution >= 0.6 is 0 Å². The Balaban J connectivity index is 2.73. The molecule has 0 unspecified atom stereocenters. The lowest BCUT2D eigenvalue weighted by atomic mass is 10.2. The summed E-state index contributed by atoms with van der Waals surface area (Å²) in [6.45, 7) is 3.15. The van der Waals surface area contributed by atoms with Gasteiger partial charge in [-0.3, -0.25) is 0 Å². The van der Waals surface area contributed by atoms with E-state index in [9.17, 15) is 0 Å². The SMILES string of the molecule is C=C(O)O/C=C(\N)c1ccccc1. The fourth-order valence-corrected chi connectivity index (χ4v) is 0.830. The van der Waals surface area contributed by atoms with Crippen LogP contribution in [0.25, 0.3) is 5.70 Å². The molecule has 1 aromatic rings. The number of rotatable bonds is 3. The highest BCUT2D eigenvalue weighted by atomic mass is 16.6. The minimum absolute atomic E-state index is 0.376. The summed E-state index contributed by atoms with van der Waals surface area (Å²) in [5.74, 6) is -0.376. The smallest absolute Gasteiger partial charge is 0.274 e. The molecule has 0 fully saturated rings. The topological polar surface area (TPSA) is 55.5 Å². The number of aliphatic hydroxyl groups is 1. The van der Waals surface area contributed by atoms with Gasteiger partial charge in [0, 0.05) is 5.56 Å². The average Bonchev–Trinajstić information content (AvgIpc) is 2.15. The second-order valence-electron chi connectivity index (χ2n) is 2.45. The third-order valence-electron chi connectivity index (χ3n) is 1.43. The van der Waals surface area contributed by atoms with Gasteiger partial charge in [-0.15, -0.1) is 0 Å². The lowest BCUT2D eigenvalue weighted by molar-refractivity contribution is 0.171. The molecule has 0 aliphatic rings. The van der Waals surface area contributed by atoms with Gasteiger partial charge >= 0.3 is 0 Å². The highest BCUT2D eigenvalue weighted by Crippen LogP contribution is 2.08. The minimum atomic E-state index is -0.376. The summed E-state index contributed by atoms with van der Waals surface area (Å²) in [7, 11) is 0. The molecule has 0 spiro atoms. The van der Waals surface area contributed by atoms with Crippen LogP contribution in [-0.4, -0.2) is 5.11 Å². The van der Waals surface area contributed by atoms with Crippen molar-refractivity contribution in [2.75, 3.05) is 0 Å². The second-order valence-corrected chi connectivity index (χ2v) is 2.45. The van der Waals surface area contributed by atoms with Gasteiger partial charge in [0.1, 0.15) is 6.26 Å². The summed E-state index contributed by atoms with van der Waals surface area (Å²) in [6.07, 6.45) is 1.25. The summed E-state index contributed by atoms with van der Waals surface area (Å²) in [6, 6.07) is 9.31. The minimum Gasteiger partial charge on any atom is -0.481 e. The predicted molar refractivity (Wildman–Crippen MR) is 51.5 cm³/mol. The van der Waals surface area contributed by atoms with Gasteiger partial charge in [-0.1, -0.05) is 30.3 Å². The molecule has 13 heavy (non-hydrogen) atoms. The van der Waals surface area contributed by atoms with Gasteiger partial charge in [0.05, 0.1) is 5.70 Å². The molecular formula is C10H11NO2. The van der Waals surface area contributed by atoms with Crippen LogP contribution in [-0.2, 0) is 4.74 Å². The largest absolute Gasteiger partial charge is 0.481 e. The fraction of sp³-hybridized carbons (Fsp3) is 0. The fourth-order valence-electron chi connectivity index (χ4n) is 0.830. The molecule has 0 bridgehead atoms. The summed E-state index contributed by atoms with van der Waals surface area (Å²) in [5.41, 5.74) is 6.90. The molecule has 0 aliphatic carbocycles. The maximum atomic E-state index is 8.63. The number of nitrogens with two attached hydrogens (primary N) is 1. The Morgan fingerprint density at radius 1 is 1.38 bits per heavy atom. The van der Waals surface area contributed by atoms with Crippen LogP contribution in [0, 0.1) is 0 Å². The van der Waals surface area contributed by atoms with Crippen molar-refractivity contribution >= 4 is 5.70 Å². The summed E-state index contributed by atoms with van der Waals surface area (Å²) < 4.78 is 4.63. The van der Waals surface area contributed by atoms with Crippen LogP contribution in [0.4, 0.5) is 0 Å². The number of benzene rings is 1. The Bertz CT molecular complexity index is 317. The van der Waals surface area contributed by atoms with E-state index >= 15 is 0 Å². The van der Waals surface area contributed by atoms with Gasteiger partial charge in [0.15, 0.2) is 0 Å². The van der Waals surface area contributed by atoms with Gasteiger partial charge in [0.25, 0.3) is 5.95 Å². The van der Waals surface area contributed by atoms with E-state index in [2.05, 4.69) is 11.3 Å². The lowest BCUT2D eigenvalue weighted by Crippen LogP contribution is -1.96. The number of hydrogen-bond donors (Lipinski definition) is 2. The van der Waals surface area contributed by atoms with Gasteiger partial charge in [0.2, 0.25) is 0 Å². The van der Waals surface area contributed by atoms with Gasteiger partial charge in [-0.2, -0.15) is 0 Å². The summed E-state index contributed by atoms with van der Waals surface area (Å²) in [4.78, 5) is 0. The number of aliphatic hydroxyl groups excluding tert-OH is 1. The molecule has 3 heteroatoms. The zero-order valence-electron chi connectivity index (χ0n) is 7.10. The molecule has 0 aliphatic heterocycles. The molecular weight excluding hydrogens is 166 g/mol. The molecule has 0 radical (unpaired) electrons. The summed E-state index contributed by atoms with van der Waals surface area (Å²) >= 11 is 0. The van der Waals surface area contributed by atoms with Crippen LogP contribution in [0.5, 0.6) is 0 Å². The van der Waals surface area contributed by atoms with Crippen molar-refractivity contribution in [3.63, 3.8) is 0 Å². The van der Waals surface area contributed by atoms with Crippen LogP contribution in [0.15, 0.2) is 49.1 Å². The maximum absolute atomic E-state index is 8.63. The van der Waals surface area contributed by atoms with E-state index < -0.39 is 0 Å². The molecule has 0 amide bonds. The van der Waals surface area contributed by atoms with E-state index in [4.69, 9.17) is 10.8 Å². The molecule has 0 saturated heterocycles. The normalized spacial score (nSPS) is 10.9. The van der Waals surface area contributed by atoms with E-state index in [0.717, 1.165) is 5.56 Å². The van der Waals surface area contributed by atoms with E-state index in [1.165, 1.54) is 6.26 Å². The van der Waals surface area contributed by atoms with Crippen molar-refractivity contribution in [2.24, 2.45) is 5.73 Å². The third-order valence-corrected chi connectivity index (χ3v) is 1.43. The Labute approximate surface area is 76.8 Å². The van der Waals surface area contributed by atoms with Crippen molar-refractivity contribution in [3.8, 4) is 0 Å². The van der Waals surface area contributed by atoms with Gasteiger partial charge in [-0.05, 0) is 6.58 Å². The molecule has 0 heterocycles. The molecule has 1 aromatic carbocycles. The molecule has 3 N–H and O–H groups in total. The highest BCUT2D eigenvalue weighted by Gasteiger charge is 1.94. The quantitative estimate of drug-likeness (QED) is 0.694. The predicted octanol–water partition coefficient (Wildman–Crippen LogP) is 1.99. The summed E-state index contributed by atoms with van der Waals surface area (Å²) in [5, 5.41) is 8.63. The van der Waals surface area contributed by atoms with Crippen molar-refractivity contribution in [3.05, 3.63) is 54.7 Å². The van der Waals surface area contributed by atoms with Crippen LogP contribution in [0.3, 0.4) is 0 Å². The first kappa shape index (κ1) is 9.19. The first-order valence-corrected chi connectivity index (χ1v) is 3.76. The molecule has 68 valence electrons. The Morgan fingerprint density at radius 3 is 2.54 bits per heavy atom. The Morgan fingerprint density at radius 2 is 2.00 bits per heavy atom. The van der Waals surface area contributed by atoms with Crippen molar-refractivity contribution in [1.29, 1.82) is 0 Å².